The Bertz CT molecular complexity index is 561. The van der Waals surface area contributed by atoms with Crippen LogP contribution in [0.2, 0.25) is 0 Å². The number of benzene rings is 1. The molecule has 1 aromatic carbocycles. The Morgan fingerprint density at radius 1 is 0.870 bits per heavy atom. The minimum atomic E-state index is -0.419. The zero-order chi connectivity index (χ0) is 16.2. The molecule has 1 aromatic rings. The number of morpholine rings is 1. The fraction of sp³-hybridized carbons (Fsp3) is 0.500. The Morgan fingerprint density at radius 3 is 2.00 bits per heavy atom. The second-order valence-electron chi connectivity index (χ2n) is 5.77. The van der Waals surface area contributed by atoms with Crippen LogP contribution < -0.4 is 10.6 Å². The van der Waals surface area contributed by atoms with Crippen LogP contribution in [0, 0.1) is 0 Å². The number of carbonyl (C=O) groups is 2. The van der Waals surface area contributed by atoms with E-state index < -0.39 is 5.91 Å². The topological polar surface area (TPSA) is 79.1 Å². The third-order valence-electron chi connectivity index (χ3n) is 4.35. The standard InChI is InChI=1S/C16H22N4O3/c17-15(21)13-1-3-14(4-2-13)18-5-7-19(8-6-18)16(22)20-9-11-23-12-10-20/h1-4H,5-12H2,(H2,17,21). The van der Waals surface area contributed by atoms with E-state index in [1.54, 1.807) is 12.1 Å². The van der Waals surface area contributed by atoms with Gasteiger partial charge in [-0.05, 0) is 24.3 Å². The molecule has 0 unspecified atom stereocenters. The van der Waals surface area contributed by atoms with E-state index in [9.17, 15) is 9.59 Å². The number of carbonyl (C=O) groups excluding carboxylic acids is 2. The molecule has 3 amide bonds. The van der Waals surface area contributed by atoms with Gasteiger partial charge in [-0.3, -0.25) is 4.79 Å². The average molecular weight is 318 g/mol. The molecule has 2 saturated heterocycles. The lowest BCUT2D eigenvalue weighted by atomic mass is 10.1. The van der Waals surface area contributed by atoms with Gasteiger partial charge in [0, 0.05) is 50.5 Å². The quantitative estimate of drug-likeness (QED) is 0.854. The van der Waals surface area contributed by atoms with Gasteiger partial charge in [0.05, 0.1) is 13.2 Å². The number of primary amides is 1. The zero-order valence-electron chi connectivity index (χ0n) is 13.1. The Kier molecular flexibility index (Phi) is 4.66. The van der Waals surface area contributed by atoms with Gasteiger partial charge in [-0.2, -0.15) is 0 Å². The van der Waals surface area contributed by atoms with Crippen molar-refractivity contribution in [2.24, 2.45) is 5.73 Å². The summed E-state index contributed by atoms with van der Waals surface area (Å²) in [6, 6.07) is 7.39. The van der Waals surface area contributed by atoms with E-state index in [-0.39, 0.29) is 6.03 Å². The summed E-state index contributed by atoms with van der Waals surface area (Å²) in [4.78, 5) is 29.5. The smallest absolute Gasteiger partial charge is 0.320 e. The van der Waals surface area contributed by atoms with Gasteiger partial charge >= 0.3 is 6.03 Å². The van der Waals surface area contributed by atoms with E-state index in [0.717, 1.165) is 18.8 Å². The molecule has 0 saturated carbocycles. The number of hydrogen-bond acceptors (Lipinski definition) is 4. The van der Waals surface area contributed by atoms with Crippen molar-refractivity contribution in [3.05, 3.63) is 29.8 Å². The predicted octanol–water partition coefficient (Wildman–Crippen LogP) is 0.360. The average Bonchev–Trinajstić information content (AvgIpc) is 2.62. The number of nitrogens with two attached hydrogens (primary N) is 1. The van der Waals surface area contributed by atoms with Crippen molar-refractivity contribution in [2.75, 3.05) is 57.4 Å². The Hall–Kier alpha value is -2.28. The zero-order valence-corrected chi connectivity index (χ0v) is 13.1. The Labute approximate surface area is 135 Å². The highest BCUT2D eigenvalue weighted by molar-refractivity contribution is 5.93. The fourth-order valence-electron chi connectivity index (χ4n) is 2.95. The summed E-state index contributed by atoms with van der Waals surface area (Å²) in [6.45, 7) is 5.57. The van der Waals surface area contributed by atoms with Gasteiger partial charge in [0.1, 0.15) is 0 Å². The molecule has 3 rings (SSSR count). The summed E-state index contributed by atoms with van der Waals surface area (Å²) >= 11 is 0. The van der Waals surface area contributed by atoms with Gasteiger partial charge in [-0.15, -0.1) is 0 Å². The summed E-state index contributed by atoms with van der Waals surface area (Å²) in [5.41, 5.74) is 6.81. The molecular weight excluding hydrogens is 296 g/mol. The molecular formula is C16H22N4O3. The summed E-state index contributed by atoms with van der Waals surface area (Å²) in [7, 11) is 0. The third kappa shape index (κ3) is 3.56. The second kappa shape index (κ2) is 6.87. The molecule has 2 aliphatic heterocycles. The predicted molar refractivity (Wildman–Crippen MR) is 86.5 cm³/mol. The molecule has 0 spiro atoms. The summed E-state index contributed by atoms with van der Waals surface area (Å²) < 4.78 is 5.29. The van der Waals surface area contributed by atoms with Crippen molar-refractivity contribution in [3.8, 4) is 0 Å². The number of piperazine rings is 1. The molecule has 0 bridgehead atoms. The number of ether oxygens (including phenoxy) is 1. The van der Waals surface area contributed by atoms with Gasteiger partial charge in [0.2, 0.25) is 5.91 Å². The van der Waals surface area contributed by atoms with E-state index in [2.05, 4.69) is 4.90 Å². The van der Waals surface area contributed by atoms with Crippen LogP contribution in [0.5, 0.6) is 0 Å². The van der Waals surface area contributed by atoms with Crippen molar-refractivity contribution in [1.82, 2.24) is 9.80 Å². The Morgan fingerprint density at radius 2 is 1.43 bits per heavy atom. The van der Waals surface area contributed by atoms with Crippen molar-refractivity contribution >= 4 is 17.6 Å². The highest BCUT2D eigenvalue weighted by Gasteiger charge is 2.26. The van der Waals surface area contributed by atoms with Crippen LogP contribution in [0.1, 0.15) is 10.4 Å². The molecule has 7 heteroatoms. The van der Waals surface area contributed by atoms with Crippen LogP contribution in [0.4, 0.5) is 10.5 Å². The molecule has 2 heterocycles. The lowest BCUT2D eigenvalue weighted by Gasteiger charge is -2.39. The normalized spacial score (nSPS) is 18.9. The molecule has 23 heavy (non-hydrogen) atoms. The van der Waals surface area contributed by atoms with Crippen molar-refractivity contribution < 1.29 is 14.3 Å². The maximum Gasteiger partial charge on any atom is 0.320 e. The number of hydrogen-bond donors (Lipinski definition) is 1. The molecule has 0 aromatic heterocycles. The van der Waals surface area contributed by atoms with Gasteiger partial charge in [-0.25, -0.2) is 4.79 Å². The molecule has 124 valence electrons. The summed E-state index contributed by atoms with van der Waals surface area (Å²) in [5.74, 6) is -0.419. The van der Waals surface area contributed by atoms with Crippen molar-refractivity contribution in [2.45, 2.75) is 0 Å². The molecule has 0 radical (unpaired) electrons. The first-order valence-electron chi connectivity index (χ1n) is 7.91. The van der Waals surface area contributed by atoms with Gasteiger partial charge in [0.15, 0.2) is 0 Å². The van der Waals surface area contributed by atoms with Gasteiger partial charge < -0.3 is 25.2 Å². The number of urea groups is 1. The van der Waals surface area contributed by atoms with Crippen LogP contribution in [-0.2, 0) is 4.74 Å². The van der Waals surface area contributed by atoms with Crippen molar-refractivity contribution in [1.29, 1.82) is 0 Å². The number of anilines is 1. The first-order valence-corrected chi connectivity index (χ1v) is 7.91. The van der Waals surface area contributed by atoms with Crippen LogP contribution in [0.25, 0.3) is 0 Å². The number of nitrogens with zero attached hydrogens (tertiary/aromatic N) is 3. The first-order chi connectivity index (χ1) is 11.1. The number of rotatable bonds is 2. The second-order valence-corrected chi connectivity index (χ2v) is 5.77. The Balaban J connectivity index is 1.55. The van der Waals surface area contributed by atoms with E-state index in [1.807, 2.05) is 21.9 Å². The highest BCUT2D eigenvalue weighted by Crippen LogP contribution is 2.18. The highest BCUT2D eigenvalue weighted by atomic mass is 16.5. The third-order valence-corrected chi connectivity index (χ3v) is 4.35. The number of amides is 3. The van der Waals surface area contributed by atoms with Crippen molar-refractivity contribution in [3.63, 3.8) is 0 Å². The van der Waals surface area contributed by atoms with Gasteiger partial charge in [0.25, 0.3) is 0 Å². The SMILES string of the molecule is NC(=O)c1ccc(N2CCN(C(=O)N3CCOCC3)CC2)cc1. The van der Waals surface area contributed by atoms with Gasteiger partial charge in [-0.1, -0.05) is 0 Å². The summed E-state index contributed by atoms with van der Waals surface area (Å²) in [6.07, 6.45) is 0. The van der Waals surface area contributed by atoms with Crippen LogP contribution >= 0.6 is 0 Å². The van der Waals surface area contributed by atoms with Crippen LogP contribution in [-0.4, -0.2) is 74.2 Å². The summed E-state index contributed by atoms with van der Waals surface area (Å²) in [5, 5.41) is 0. The molecule has 0 aliphatic carbocycles. The molecule has 2 aliphatic rings. The minimum absolute atomic E-state index is 0.108. The molecule has 7 nitrogen and oxygen atoms in total. The van der Waals surface area contributed by atoms with E-state index in [4.69, 9.17) is 10.5 Å². The monoisotopic (exact) mass is 318 g/mol. The molecule has 2 N–H and O–H groups in total. The minimum Gasteiger partial charge on any atom is -0.378 e. The van der Waals surface area contributed by atoms with Crippen LogP contribution in [0.15, 0.2) is 24.3 Å². The van der Waals surface area contributed by atoms with E-state index in [1.165, 1.54) is 0 Å². The maximum absolute atomic E-state index is 12.4. The molecule has 2 fully saturated rings. The fourth-order valence-corrected chi connectivity index (χ4v) is 2.95. The lowest BCUT2D eigenvalue weighted by Crippen LogP contribution is -2.54. The molecule has 0 atom stereocenters. The lowest BCUT2D eigenvalue weighted by molar-refractivity contribution is 0.0428. The first kappa shape index (κ1) is 15.6. The van der Waals surface area contributed by atoms with E-state index in [0.29, 0.717) is 45.0 Å². The largest absolute Gasteiger partial charge is 0.378 e. The van der Waals surface area contributed by atoms with E-state index >= 15 is 0 Å². The van der Waals surface area contributed by atoms with Crippen LogP contribution in [0.3, 0.4) is 0 Å². The maximum atomic E-state index is 12.4.